The van der Waals surface area contributed by atoms with Crippen LogP contribution in [-0.2, 0) is 23.3 Å². The second kappa shape index (κ2) is 5.30. The predicted octanol–water partition coefficient (Wildman–Crippen LogP) is 2.76. The van der Waals surface area contributed by atoms with Crippen molar-refractivity contribution in [2.45, 2.75) is 50.8 Å². The zero-order chi connectivity index (χ0) is 15.1. The molecule has 2 atom stereocenters. The number of aromatic nitrogens is 1. The first kappa shape index (κ1) is 15.8. The van der Waals surface area contributed by atoms with E-state index in [2.05, 4.69) is 9.71 Å². The van der Waals surface area contributed by atoms with E-state index in [-0.39, 0.29) is 4.75 Å². The quantitative estimate of drug-likeness (QED) is 0.529. The number of carbonyl (C=O) groups is 1. The van der Waals surface area contributed by atoms with Gasteiger partial charge < -0.3 is 4.55 Å². The summed E-state index contributed by atoms with van der Waals surface area (Å²) in [5, 5.41) is 0.372. The van der Waals surface area contributed by atoms with E-state index in [9.17, 15) is 9.35 Å². The van der Waals surface area contributed by atoms with Crippen molar-refractivity contribution in [1.82, 2.24) is 9.71 Å². The maximum atomic E-state index is 12.4. The molecule has 0 radical (unpaired) electrons. The molecular weight excluding hydrogens is 296 g/mol. The normalized spacial score (nSPS) is 23.5. The summed E-state index contributed by atoms with van der Waals surface area (Å²) in [7, 11) is 0. The van der Waals surface area contributed by atoms with Gasteiger partial charge in [-0.2, -0.15) is 0 Å². The van der Waals surface area contributed by atoms with Crippen LogP contribution < -0.4 is 4.72 Å². The number of nitrogens with zero attached hydrogens (tertiary/aromatic N) is 1. The third-order valence-corrected chi connectivity index (χ3v) is 5.62. The Kier molecular flexibility index (Phi) is 4.17. The Morgan fingerprint density at radius 3 is 2.75 bits per heavy atom. The molecule has 0 aliphatic heterocycles. The van der Waals surface area contributed by atoms with E-state index in [1.54, 1.807) is 6.07 Å². The zero-order valence-electron chi connectivity index (χ0n) is 12.1. The first-order valence-electron chi connectivity index (χ1n) is 6.52. The second-order valence-electron chi connectivity index (χ2n) is 6.30. The third-order valence-electron chi connectivity index (χ3n) is 3.56. The first-order chi connectivity index (χ1) is 9.17. The van der Waals surface area contributed by atoms with Crippen molar-refractivity contribution in [2.75, 3.05) is 0 Å². The lowest BCUT2D eigenvalue weighted by atomic mass is 9.96. The van der Waals surface area contributed by atoms with Crippen LogP contribution in [0.3, 0.4) is 0 Å². The van der Waals surface area contributed by atoms with Crippen LogP contribution in [0.4, 0.5) is 0 Å². The minimum absolute atomic E-state index is 0.310. The first-order valence-corrected chi connectivity index (χ1v) is 8.05. The fourth-order valence-corrected chi connectivity index (χ4v) is 3.54. The van der Waals surface area contributed by atoms with Crippen molar-refractivity contribution in [3.05, 3.63) is 28.0 Å². The number of halogens is 1. The fraction of sp³-hybridized carbons (Fsp3) is 0.571. The van der Waals surface area contributed by atoms with Crippen molar-refractivity contribution in [3.63, 3.8) is 0 Å². The summed E-state index contributed by atoms with van der Waals surface area (Å²) in [5.41, 5.74) is 1.73. The third kappa shape index (κ3) is 2.86. The van der Waals surface area contributed by atoms with Crippen LogP contribution >= 0.6 is 11.6 Å². The number of rotatable bonds is 3. The standard InChI is InChI=1S/C14H19ClN2O2S/c1-13(2,3)20(19)17-14(4)6-5-10-11(14)7-9(8-18)16-12(10)15/h7-8,17H,5-6H2,1-4H3. The summed E-state index contributed by atoms with van der Waals surface area (Å²) >= 11 is 4.94. The van der Waals surface area contributed by atoms with Gasteiger partial charge in [-0.3, -0.25) is 4.79 Å². The molecule has 110 valence electrons. The summed E-state index contributed by atoms with van der Waals surface area (Å²) in [6.45, 7) is 7.76. The Labute approximate surface area is 127 Å². The van der Waals surface area contributed by atoms with Gasteiger partial charge in [0.15, 0.2) is 6.29 Å². The van der Waals surface area contributed by atoms with Gasteiger partial charge in [0.2, 0.25) is 0 Å². The number of fused-ring (bicyclic) bond motifs is 1. The smallest absolute Gasteiger partial charge is 0.168 e. The van der Waals surface area contributed by atoms with E-state index in [0.29, 0.717) is 17.1 Å². The molecule has 0 saturated heterocycles. The van der Waals surface area contributed by atoms with Gasteiger partial charge in [0.25, 0.3) is 0 Å². The number of aldehydes is 1. The molecule has 4 nitrogen and oxygen atoms in total. The van der Waals surface area contributed by atoms with E-state index >= 15 is 0 Å². The molecule has 0 amide bonds. The highest BCUT2D eigenvalue weighted by Crippen LogP contribution is 2.40. The van der Waals surface area contributed by atoms with Crippen LogP contribution in [0.25, 0.3) is 0 Å². The van der Waals surface area contributed by atoms with Gasteiger partial charge in [-0.1, -0.05) is 11.6 Å². The molecule has 20 heavy (non-hydrogen) atoms. The van der Waals surface area contributed by atoms with Gasteiger partial charge in [0.1, 0.15) is 15.6 Å². The molecule has 1 aromatic rings. The number of nitrogens with one attached hydrogen (secondary N) is 1. The largest absolute Gasteiger partial charge is 0.598 e. The summed E-state index contributed by atoms with van der Waals surface area (Å²) < 4.78 is 15.2. The van der Waals surface area contributed by atoms with Gasteiger partial charge in [0.05, 0.1) is 5.54 Å². The van der Waals surface area contributed by atoms with Crippen LogP contribution in [0.1, 0.15) is 55.7 Å². The molecule has 6 heteroatoms. The van der Waals surface area contributed by atoms with Crippen LogP contribution in [0, 0.1) is 0 Å². The Bertz CT molecular complexity index is 545. The molecule has 1 aliphatic rings. The average Bonchev–Trinajstić information content (AvgIpc) is 2.66. The monoisotopic (exact) mass is 314 g/mol. The lowest BCUT2D eigenvalue weighted by Crippen LogP contribution is -2.48. The minimum Gasteiger partial charge on any atom is -0.598 e. The number of carbonyl (C=O) groups excluding carboxylic acids is 1. The maximum absolute atomic E-state index is 12.4. The van der Waals surface area contributed by atoms with E-state index in [1.165, 1.54) is 0 Å². The van der Waals surface area contributed by atoms with Crippen LogP contribution in [-0.4, -0.2) is 20.6 Å². The average molecular weight is 315 g/mol. The molecule has 0 spiro atoms. The maximum Gasteiger partial charge on any atom is 0.168 e. The van der Waals surface area contributed by atoms with Gasteiger partial charge in [-0.15, -0.1) is 4.72 Å². The molecule has 1 aromatic heterocycles. The minimum atomic E-state index is -1.19. The van der Waals surface area contributed by atoms with Gasteiger partial charge >= 0.3 is 0 Å². The lowest BCUT2D eigenvalue weighted by Gasteiger charge is -2.32. The Morgan fingerprint density at radius 2 is 2.20 bits per heavy atom. The fourth-order valence-electron chi connectivity index (χ4n) is 2.32. The van der Waals surface area contributed by atoms with Crippen LogP contribution in [0.2, 0.25) is 5.15 Å². The molecular formula is C14H19ClN2O2S. The van der Waals surface area contributed by atoms with E-state index in [4.69, 9.17) is 11.6 Å². The van der Waals surface area contributed by atoms with E-state index < -0.39 is 16.9 Å². The van der Waals surface area contributed by atoms with Crippen molar-refractivity contribution >= 4 is 29.2 Å². The molecule has 2 unspecified atom stereocenters. The number of hydrogen-bond donors (Lipinski definition) is 1. The molecule has 0 fully saturated rings. The Morgan fingerprint density at radius 1 is 1.55 bits per heavy atom. The SMILES string of the molecule is CC1(N[S+]([O-])C(C)(C)C)CCc2c1cc(C=O)nc2Cl. The zero-order valence-corrected chi connectivity index (χ0v) is 13.7. The Balaban J connectivity index is 2.39. The molecule has 1 heterocycles. The summed E-state index contributed by atoms with van der Waals surface area (Å²) in [6, 6.07) is 1.74. The summed E-state index contributed by atoms with van der Waals surface area (Å²) in [5.74, 6) is 0. The van der Waals surface area contributed by atoms with Crippen molar-refractivity contribution in [1.29, 1.82) is 0 Å². The Hall–Kier alpha value is -0.620. The van der Waals surface area contributed by atoms with Crippen molar-refractivity contribution < 1.29 is 9.35 Å². The molecule has 0 bridgehead atoms. The second-order valence-corrected chi connectivity index (χ2v) is 8.62. The van der Waals surface area contributed by atoms with E-state index in [0.717, 1.165) is 24.0 Å². The summed E-state index contributed by atoms with van der Waals surface area (Å²) in [6.07, 6.45) is 2.24. The molecule has 0 aromatic carbocycles. The molecule has 2 rings (SSSR count). The topological polar surface area (TPSA) is 65.0 Å². The number of hydrogen-bond acceptors (Lipinski definition) is 4. The van der Waals surface area contributed by atoms with Crippen molar-refractivity contribution in [2.24, 2.45) is 0 Å². The molecule has 1 aliphatic carbocycles. The van der Waals surface area contributed by atoms with Gasteiger partial charge in [-0.25, -0.2) is 4.98 Å². The highest BCUT2D eigenvalue weighted by atomic mass is 35.5. The highest BCUT2D eigenvalue weighted by molar-refractivity contribution is 7.90. The van der Waals surface area contributed by atoms with Crippen molar-refractivity contribution in [3.8, 4) is 0 Å². The van der Waals surface area contributed by atoms with E-state index in [1.807, 2.05) is 27.7 Å². The predicted molar refractivity (Wildman–Crippen MR) is 81.3 cm³/mol. The van der Waals surface area contributed by atoms with Gasteiger partial charge in [0, 0.05) is 11.4 Å². The van der Waals surface area contributed by atoms with Crippen LogP contribution in [0.5, 0.6) is 0 Å². The summed E-state index contributed by atoms with van der Waals surface area (Å²) in [4.78, 5) is 15.0. The molecule has 0 saturated carbocycles. The number of pyridine rings is 1. The van der Waals surface area contributed by atoms with Gasteiger partial charge in [-0.05, 0) is 57.7 Å². The highest BCUT2D eigenvalue weighted by Gasteiger charge is 2.42. The molecule has 1 N–H and O–H groups in total. The van der Waals surface area contributed by atoms with Crippen LogP contribution in [0.15, 0.2) is 6.07 Å². The lowest BCUT2D eigenvalue weighted by molar-refractivity contribution is 0.111.